The fraction of sp³-hybridized carbons (Fsp3) is 0.222. The van der Waals surface area contributed by atoms with E-state index in [1.165, 1.54) is 0 Å². The summed E-state index contributed by atoms with van der Waals surface area (Å²) in [5.74, 6) is 0.316. The van der Waals surface area contributed by atoms with Gasteiger partial charge in [0.15, 0.2) is 0 Å². The van der Waals surface area contributed by atoms with Gasteiger partial charge in [-0.05, 0) is 36.8 Å². The van der Waals surface area contributed by atoms with E-state index in [1.807, 2.05) is 24.4 Å². The maximum Gasteiger partial charge on any atom is 0.274 e. The number of hydrogen-bond acceptors (Lipinski definition) is 3. The maximum absolute atomic E-state index is 12.9. The molecule has 6 heteroatoms. The number of anilines is 1. The van der Waals surface area contributed by atoms with Gasteiger partial charge < -0.3 is 10.1 Å². The summed E-state index contributed by atoms with van der Waals surface area (Å²) >= 11 is 6.03. The summed E-state index contributed by atoms with van der Waals surface area (Å²) in [4.78, 5) is 17.5. The largest absolute Gasteiger partial charge is 0.495 e. The van der Waals surface area contributed by atoms with Crippen LogP contribution in [0.1, 0.15) is 29.5 Å². The topological polar surface area (TPSA) is 55.6 Å². The minimum Gasteiger partial charge on any atom is -0.495 e. The normalized spacial score (nSPS) is 10.8. The zero-order valence-electron chi connectivity index (χ0n) is 13.5. The molecule has 1 amide bonds. The van der Waals surface area contributed by atoms with Crippen molar-refractivity contribution in [3.05, 3.63) is 59.0 Å². The first kappa shape index (κ1) is 16.3. The highest BCUT2D eigenvalue weighted by atomic mass is 35.5. The van der Waals surface area contributed by atoms with E-state index in [9.17, 15) is 4.79 Å². The molecule has 0 saturated carbocycles. The van der Waals surface area contributed by atoms with Crippen molar-refractivity contribution in [3.8, 4) is 5.75 Å². The summed E-state index contributed by atoms with van der Waals surface area (Å²) in [5, 5.41) is 3.41. The minimum absolute atomic E-state index is 0.238. The van der Waals surface area contributed by atoms with Gasteiger partial charge in [0.05, 0.1) is 18.5 Å². The predicted octanol–water partition coefficient (Wildman–Crippen LogP) is 4.20. The Morgan fingerprint density at radius 2 is 2.17 bits per heavy atom. The zero-order chi connectivity index (χ0) is 17.1. The highest BCUT2D eigenvalue weighted by Crippen LogP contribution is 2.28. The number of aryl methyl sites for hydroxylation is 1. The van der Waals surface area contributed by atoms with Crippen molar-refractivity contribution < 1.29 is 9.53 Å². The van der Waals surface area contributed by atoms with Crippen LogP contribution in [0.4, 0.5) is 5.69 Å². The van der Waals surface area contributed by atoms with Crippen LogP contribution >= 0.6 is 11.6 Å². The third-order valence-electron chi connectivity index (χ3n) is 3.71. The summed E-state index contributed by atoms with van der Waals surface area (Å²) in [6.45, 7) is 2.06. The molecule has 0 atom stereocenters. The first-order valence-electron chi connectivity index (χ1n) is 7.75. The molecule has 24 heavy (non-hydrogen) atoms. The Labute approximate surface area is 145 Å². The number of rotatable bonds is 5. The fourth-order valence-corrected chi connectivity index (χ4v) is 2.83. The molecular weight excluding hydrogens is 326 g/mol. The van der Waals surface area contributed by atoms with Crippen molar-refractivity contribution in [2.24, 2.45) is 0 Å². The van der Waals surface area contributed by atoms with Crippen molar-refractivity contribution in [3.63, 3.8) is 0 Å². The van der Waals surface area contributed by atoms with Gasteiger partial charge >= 0.3 is 0 Å². The van der Waals surface area contributed by atoms with E-state index >= 15 is 0 Å². The van der Waals surface area contributed by atoms with Gasteiger partial charge in [-0.25, -0.2) is 4.98 Å². The molecule has 0 aliphatic heterocycles. The van der Waals surface area contributed by atoms with Crippen LogP contribution in [0.3, 0.4) is 0 Å². The number of nitrogens with zero attached hydrogens (tertiary/aromatic N) is 2. The Bertz CT molecular complexity index is 889. The molecule has 124 valence electrons. The van der Waals surface area contributed by atoms with Crippen LogP contribution in [0.25, 0.3) is 5.65 Å². The van der Waals surface area contributed by atoms with Gasteiger partial charge in [0.2, 0.25) is 0 Å². The molecule has 3 aromatic rings. The van der Waals surface area contributed by atoms with E-state index in [-0.39, 0.29) is 5.91 Å². The molecule has 3 rings (SSSR count). The fourth-order valence-electron chi connectivity index (χ4n) is 2.66. The van der Waals surface area contributed by atoms with Crippen molar-refractivity contribution in [1.82, 2.24) is 9.38 Å². The SMILES string of the molecule is CCCc1nc2ccccn2c1C(=O)Nc1cc(Cl)ccc1OC. The average Bonchev–Trinajstić information content (AvgIpc) is 2.93. The molecule has 0 spiro atoms. The number of imidazole rings is 1. The van der Waals surface area contributed by atoms with Crippen LogP contribution in [-0.2, 0) is 6.42 Å². The molecule has 0 radical (unpaired) electrons. The first-order chi connectivity index (χ1) is 11.6. The number of pyridine rings is 1. The Morgan fingerprint density at radius 1 is 1.33 bits per heavy atom. The second-order valence-corrected chi connectivity index (χ2v) is 5.82. The van der Waals surface area contributed by atoms with E-state index in [1.54, 1.807) is 29.7 Å². The Morgan fingerprint density at radius 3 is 2.92 bits per heavy atom. The van der Waals surface area contributed by atoms with E-state index in [0.29, 0.717) is 22.2 Å². The predicted molar refractivity (Wildman–Crippen MR) is 95.1 cm³/mol. The van der Waals surface area contributed by atoms with Gasteiger partial charge in [-0.3, -0.25) is 9.20 Å². The molecule has 0 fully saturated rings. The van der Waals surface area contributed by atoms with Gasteiger partial charge in [-0.2, -0.15) is 0 Å². The van der Waals surface area contributed by atoms with Crippen LogP contribution in [-0.4, -0.2) is 22.4 Å². The van der Waals surface area contributed by atoms with Crippen LogP contribution in [0.2, 0.25) is 5.02 Å². The van der Waals surface area contributed by atoms with Gasteiger partial charge in [0.1, 0.15) is 17.1 Å². The molecule has 0 aliphatic carbocycles. The molecule has 1 aromatic carbocycles. The summed E-state index contributed by atoms with van der Waals surface area (Å²) in [6.07, 6.45) is 3.48. The lowest BCUT2D eigenvalue weighted by Gasteiger charge is -2.11. The highest BCUT2D eigenvalue weighted by Gasteiger charge is 2.20. The van der Waals surface area contributed by atoms with E-state index in [2.05, 4.69) is 17.2 Å². The van der Waals surface area contributed by atoms with Gasteiger partial charge in [0, 0.05) is 11.2 Å². The number of amides is 1. The molecule has 0 unspecified atom stereocenters. The molecule has 5 nitrogen and oxygen atoms in total. The molecule has 2 heterocycles. The first-order valence-corrected chi connectivity index (χ1v) is 8.12. The summed E-state index contributed by atoms with van der Waals surface area (Å²) < 4.78 is 7.09. The number of ether oxygens (including phenoxy) is 1. The smallest absolute Gasteiger partial charge is 0.274 e. The lowest BCUT2D eigenvalue weighted by atomic mass is 10.2. The second-order valence-electron chi connectivity index (χ2n) is 5.38. The molecule has 0 aliphatic rings. The van der Waals surface area contributed by atoms with Gasteiger partial charge in [-0.15, -0.1) is 0 Å². The maximum atomic E-state index is 12.9. The number of hydrogen-bond donors (Lipinski definition) is 1. The van der Waals surface area contributed by atoms with Crippen molar-refractivity contribution in [2.45, 2.75) is 19.8 Å². The Balaban J connectivity index is 2.03. The highest BCUT2D eigenvalue weighted by molar-refractivity contribution is 6.31. The van der Waals surface area contributed by atoms with Gasteiger partial charge in [-0.1, -0.05) is 31.0 Å². The summed E-state index contributed by atoms with van der Waals surface area (Å²) in [5.41, 5.74) is 2.60. The van der Waals surface area contributed by atoms with E-state index in [0.717, 1.165) is 24.2 Å². The zero-order valence-corrected chi connectivity index (χ0v) is 14.3. The van der Waals surface area contributed by atoms with Crippen LogP contribution in [0.5, 0.6) is 5.75 Å². The van der Waals surface area contributed by atoms with Crippen molar-refractivity contribution in [2.75, 3.05) is 12.4 Å². The number of aromatic nitrogens is 2. The lowest BCUT2D eigenvalue weighted by Crippen LogP contribution is -2.17. The minimum atomic E-state index is -0.238. The average molecular weight is 344 g/mol. The second kappa shape index (κ2) is 6.93. The number of carbonyl (C=O) groups excluding carboxylic acids is 1. The number of fused-ring (bicyclic) bond motifs is 1. The Kier molecular flexibility index (Phi) is 4.71. The number of nitrogens with one attached hydrogen (secondary N) is 1. The van der Waals surface area contributed by atoms with E-state index in [4.69, 9.17) is 16.3 Å². The number of carbonyl (C=O) groups is 1. The summed E-state index contributed by atoms with van der Waals surface area (Å²) in [7, 11) is 1.55. The van der Waals surface area contributed by atoms with Crippen LogP contribution in [0, 0.1) is 0 Å². The number of halogens is 1. The number of benzene rings is 1. The van der Waals surface area contributed by atoms with Crippen molar-refractivity contribution in [1.29, 1.82) is 0 Å². The molecule has 2 aromatic heterocycles. The van der Waals surface area contributed by atoms with E-state index < -0.39 is 0 Å². The van der Waals surface area contributed by atoms with Gasteiger partial charge in [0.25, 0.3) is 5.91 Å². The molecular formula is C18H18ClN3O2. The standard InChI is InChI=1S/C18H18ClN3O2/c1-3-6-13-17(22-10-5-4-7-16(22)20-13)18(23)21-14-11-12(19)8-9-15(14)24-2/h4-5,7-11H,3,6H2,1-2H3,(H,21,23). The summed E-state index contributed by atoms with van der Waals surface area (Å²) in [6, 6.07) is 10.8. The van der Waals surface area contributed by atoms with Crippen LogP contribution in [0.15, 0.2) is 42.6 Å². The number of methoxy groups -OCH3 is 1. The Hall–Kier alpha value is -2.53. The third-order valence-corrected chi connectivity index (χ3v) is 3.95. The quantitative estimate of drug-likeness (QED) is 0.755. The third kappa shape index (κ3) is 3.08. The van der Waals surface area contributed by atoms with Crippen molar-refractivity contribution >= 4 is 28.8 Å². The monoisotopic (exact) mass is 343 g/mol. The van der Waals surface area contributed by atoms with Crippen LogP contribution < -0.4 is 10.1 Å². The lowest BCUT2D eigenvalue weighted by molar-refractivity contribution is 0.102. The molecule has 0 bridgehead atoms. The molecule has 1 N–H and O–H groups in total. The molecule has 0 saturated heterocycles.